The molecule has 4 heteroatoms. The fourth-order valence-electron chi connectivity index (χ4n) is 2.13. The van der Waals surface area contributed by atoms with Crippen LogP contribution in [-0.4, -0.2) is 11.5 Å². The van der Waals surface area contributed by atoms with Gasteiger partial charge in [0.2, 0.25) is 0 Å². The highest BCUT2D eigenvalue weighted by molar-refractivity contribution is 7.11. The number of nitrogens with one attached hydrogen (secondary N) is 1. The summed E-state index contributed by atoms with van der Waals surface area (Å²) < 4.78 is 5.85. The summed E-state index contributed by atoms with van der Waals surface area (Å²) in [6.07, 6.45) is 1.79. The van der Waals surface area contributed by atoms with Gasteiger partial charge < -0.3 is 10.1 Å². The van der Waals surface area contributed by atoms with Gasteiger partial charge in [-0.25, -0.2) is 0 Å². The quantitative estimate of drug-likeness (QED) is 0.747. The first-order valence-corrected chi connectivity index (χ1v) is 7.92. The number of rotatable bonds is 6. The number of aromatic nitrogens is 1. The predicted molar refractivity (Wildman–Crippen MR) is 87.8 cm³/mol. The fourth-order valence-corrected chi connectivity index (χ4v) is 3.03. The van der Waals surface area contributed by atoms with Crippen LogP contribution in [0.5, 0.6) is 5.75 Å². The van der Waals surface area contributed by atoms with Crippen LogP contribution in [0.1, 0.15) is 16.7 Å². The molecule has 0 saturated carbocycles. The topological polar surface area (TPSA) is 34.1 Å². The summed E-state index contributed by atoms with van der Waals surface area (Å²) in [7, 11) is 0. The first-order valence-electron chi connectivity index (χ1n) is 7.11. The van der Waals surface area contributed by atoms with Crippen LogP contribution in [0.3, 0.4) is 0 Å². The highest BCUT2D eigenvalue weighted by atomic mass is 32.1. The van der Waals surface area contributed by atoms with Crippen molar-refractivity contribution in [2.24, 2.45) is 0 Å². The lowest BCUT2D eigenvalue weighted by atomic mass is 10.2. The molecule has 108 valence electrons. The summed E-state index contributed by atoms with van der Waals surface area (Å²) in [6, 6.07) is 14.4. The van der Waals surface area contributed by atoms with Gasteiger partial charge in [-0.15, -0.1) is 11.3 Å². The van der Waals surface area contributed by atoms with Crippen molar-refractivity contribution in [1.29, 1.82) is 0 Å². The monoisotopic (exact) mass is 298 g/mol. The summed E-state index contributed by atoms with van der Waals surface area (Å²) in [5, 5.41) is 4.44. The Kier molecular flexibility index (Phi) is 4.48. The van der Waals surface area contributed by atoms with E-state index in [0.29, 0.717) is 6.61 Å². The predicted octanol–water partition coefficient (Wildman–Crippen LogP) is 3.98. The Morgan fingerprint density at radius 2 is 2.00 bits per heavy atom. The van der Waals surface area contributed by atoms with Crippen LogP contribution >= 0.6 is 11.3 Å². The number of thiophene rings is 1. The van der Waals surface area contributed by atoms with E-state index < -0.39 is 0 Å². The number of benzene rings is 1. The molecule has 0 aliphatic rings. The smallest absolute Gasteiger partial charge is 0.138 e. The summed E-state index contributed by atoms with van der Waals surface area (Å²) in [4.78, 5) is 6.98. The summed E-state index contributed by atoms with van der Waals surface area (Å²) in [5.41, 5.74) is 0.994. The third-order valence-electron chi connectivity index (χ3n) is 3.21. The van der Waals surface area contributed by atoms with E-state index in [1.54, 1.807) is 17.5 Å². The molecule has 2 heterocycles. The first-order chi connectivity index (χ1) is 10.3. The van der Waals surface area contributed by atoms with Crippen molar-refractivity contribution in [1.82, 2.24) is 10.3 Å². The van der Waals surface area contributed by atoms with Gasteiger partial charge in [0.05, 0.1) is 11.7 Å². The number of para-hydroxylation sites is 1. The molecule has 0 radical (unpaired) electrons. The van der Waals surface area contributed by atoms with Crippen molar-refractivity contribution in [3.8, 4) is 5.75 Å². The molecular weight excluding hydrogens is 280 g/mol. The summed E-state index contributed by atoms with van der Waals surface area (Å²) >= 11 is 1.79. The molecule has 0 unspecified atom stereocenters. The Labute approximate surface area is 128 Å². The number of hydrogen-bond acceptors (Lipinski definition) is 4. The third-order valence-corrected chi connectivity index (χ3v) is 4.27. The van der Waals surface area contributed by atoms with Crippen molar-refractivity contribution in [2.75, 3.05) is 6.54 Å². The molecule has 1 aromatic carbocycles. The maximum absolute atomic E-state index is 5.85. The average molecular weight is 298 g/mol. The van der Waals surface area contributed by atoms with E-state index in [1.165, 1.54) is 9.75 Å². The lowest BCUT2D eigenvalue weighted by Gasteiger charge is -2.05. The standard InChI is InChI=1S/C17H18N2OS/c1-2-18-11-15-7-8-16(21-15)12-20-14-9-13-5-3-4-6-17(13)19-10-14/h3-10,18H,2,11-12H2,1H3. The van der Waals surface area contributed by atoms with Gasteiger partial charge in [0.15, 0.2) is 0 Å². The Balaban J connectivity index is 1.64. The molecule has 1 N–H and O–H groups in total. The van der Waals surface area contributed by atoms with Crippen LogP contribution in [0.25, 0.3) is 10.9 Å². The second-order valence-electron chi connectivity index (χ2n) is 4.80. The molecule has 0 aliphatic heterocycles. The first kappa shape index (κ1) is 14.0. The zero-order chi connectivity index (χ0) is 14.5. The van der Waals surface area contributed by atoms with Crippen molar-refractivity contribution < 1.29 is 4.74 Å². The van der Waals surface area contributed by atoms with Crippen molar-refractivity contribution >= 4 is 22.2 Å². The second-order valence-corrected chi connectivity index (χ2v) is 6.05. The van der Waals surface area contributed by atoms with Crippen molar-refractivity contribution in [3.05, 3.63) is 58.4 Å². The number of ether oxygens (including phenoxy) is 1. The second kappa shape index (κ2) is 6.70. The van der Waals surface area contributed by atoms with Gasteiger partial charge in [0.25, 0.3) is 0 Å². The number of pyridine rings is 1. The highest BCUT2D eigenvalue weighted by Gasteiger charge is 2.02. The molecule has 3 rings (SSSR count). The van der Waals surface area contributed by atoms with Gasteiger partial charge in [0, 0.05) is 21.7 Å². The Morgan fingerprint density at radius 3 is 2.90 bits per heavy atom. The molecule has 3 nitrogen and oxygen atoms in total. The molecule has 0 amide bonds. The molecule has 0 saturated heterocycles. The number of hydrogen-bond donors (Lipinski definition) is 1. The zero-order valence-corrected chi connectivity index (χ0v) is 12.8. The Morgan fingerprint density at radius 1 is 1.14 bits per heavy atom. The van der Waals surface area contributed by atoms with E-state index in [-0.39, 0.29) is 0 Å². The minimum absolute atomic E-state index is 0.594. The van der Waals surface area contributed by atoms with Gasteiger partial charge in [-0.3, -0.25) is 4.98 Å². The summed E-state index contributed by atoms with van der Waals surface area (Å²) in [5.74, 6) is 0.815. The maximum atomic E-state index is 5.85. The largest absolute Gasteiger partial charge is 0.486 e. The van der Waals surface area contributed by atoms with Crippen LogP contribution in [0.15, 0.2) is 48.7 Å². The molecule has 21 heavy (non-hydrogen) atoms. The highest BCUT2D eigenvalue weighted by Crippen LogP contribution is 2.21. The van der Waals surface area contributed by atoms with Gasteiger partial charge in [0.1, 0.15) is 12.4 Å². The molecule has 0 atom stereocenters. The SMILES string of the molecule is CCNCc1ccc(COc2cnc3ccccc3c2)s1. The third kappa shape index (κ3) is 3.60. The molecular formula is C17H18N2OS. The Hall–Kier alpha value is -1.91. The zero-order valence-electron chi connectivity index (χ0n) is 12.0. The van der Waals surface area contributed by atoms with E-state index in [1.807, 2.05) is 24.3 Å². The average Bonchev–Trinajstić information content (AvgIpc) is 2.98. The van der Waals surface area contributed by atoms with E-state index >= 15 is 0 Å². The van der Waals surface area contributed by atoms with Crippen LogP contribution < -0.4 is 10.1 Å². The van der Waals surface area contributed by atoms with Gasteiger partial charge in [-0.1, -0.05) is 25.1 Å². The lowest BCUT2D eigenvalue weighted by Crippen LogP contribution is -2.10. The van der Waals surface area contributed by atoms with Crippen LogP contribution in [0.4, 0.5) is 0 Å². The van der Waals surface area contributed by atoms with Gasteiger partial charge in [-0.2, -0.15) is 0 Å². The van der Waals surface area contributed by atoms with Crippen LogP contribution in [0.2, 0.25) is 0 Å². The van der Waals surface area contributed by atoms with E-state index in [4.69, 9.17) is 4.74 Å². The van der Waals surface area contributed by atoms with Crippen LogP contribution in [0, 0.1) is 0 Å². The number of fused-ring (bicyclic) bond motifs is 1. The molecule has 3 aromatic rings. The van der Waals surface area contributed by atoms with E-state index in [0.717, 1.165) is 29.7 Å². The molecule has 2 aromatic heterocycles. The van der Waals surface area contributed by atoms with Crippen LogP contribution in [-0.2, 0) is 13.2 Å². The lowest BCUT2D eigenvalue weighted by molar-refractivity contribution is 0.309. The summed E-state index contributed by atoms with van der Waals surface area (Å²) in [6.45, 7) is 4.63. The fraction of sp³-hybridized carbons (Fsp3) is 0.235. The van der Waals surface area contributed by atoms with E-state index in [2.05, 4.69) is 35.4 Å². The van der Waals surface area contributed by atoms with Gasteiger partial charge >= 0.3 is 0 Å². The maximum Gasteiger partial charge on any atom is 0.138 e. The molecule has 0 aliphatic carbocycles. The minimum atomic E-state index is 0.594. The van der Waals surface area contributed by atoms with E-state index in [9.17, 15) is 0 Å². The van der Waals surface area contributed by atoms with Crippen molar-refractivity contribution in [3.63, 3.8) is 0 Å². The number of nitrogens with zero attached hydrogens (tertiary/aromatic N) is 1. The molecule has 0 bridgehead atoms. The molecule has 0 fully saturated rings. The van der Waals surface area contributed by atoms with Crippen molar-refractivity contribution in [2.45, 2.75) is 20.1 Å². The molecule has 0 spiro atoms. The van der Waals surface area contributed by atoms with Gasteiger partial charge in [-0.05, 0) is 30.8 Å². The normalized spacial score (nSPS) is 10.9. The minimum Gasteiger partial charge on any atom is -0.486 e. The Bertz CT molecular complexity index is 723.